The van der Waals surface area contributed by atoms with Crippen LogP contribution in [0.5, 0.6) is 0 Å². The molecule has 1 heterocycles. The molecular weight excluding hydrogens is 157 g/mol. The molecular formula is C5H4FNO2S. The second-order valence-corrected chi connectivity index (χ2v) is 2.42. The highest BCUT2D eigenvalue weighted by molar-refractivity contribution is 7.79. The lowest BCUT2D eigenvalue weighted by atomic mass is 10.5. The van der Waals surface area contributed by atoms with Crippen molar-refractivity contribution in [2.75, 3.05) is 0 Å². The smallest absolute Gasteiger partial charge is 0.208 e. The van der Waals surface area contributed by atoms with Crippen LogP contribution in [0.3, 0.4) is 0 Å². The Kier molecular flexibility index (Phi) is 2.08. The number of halogens is 1. The van der Waals surface area contributed by atoms with E-state index in [0.717, 1.165) is 6.07 Å². The minimum absolute atomic E-state index is 0.428. The molecule has 1 atom stereocenters. The lowest BCUT2D eigenvalue weighted by Crippen LogP contribution is -1.95. The maximum absolute atomic E-state index is 12.4. The summed E-state index contributed by atoms with van der Waals surface area (Å²) in [6, 6.07) is 2.43. The first-order valence-electron chi connectivity index (χ1n) is 2.43. The van der Waals surface area contributed by atoms with E-state index in [0.29, 0.717) is 0 Å². The average molecular weight is 161 g/mol. The molecule has 3 nitrogen and oxygen atoms in total. The molecule has 0 bridgehead atoms. The minimum atomic E-state index is -2.33. The summed E-state index contributed by atoms with van der Waals surface area (Å²) < 4.78 is 31.0. The number of aromatic nitrogens is 1. The molecule has 1 N–H and O–H groups in total. The third-order valence-electron chi connectivity index (χ3n) is 0.890. The molecule has 0 fully saturated rings. The number of hydrogen-bond donors (Lipinski definition) is 1. The predicted octanol–water partition coefficient (Wildman–Crippen LogP) is 0.801. The van der Waals surface area contributed by atoms with Gasteiger partial charge in [-0.1, -0.05) is 0 Å². The molecule has 54 valence electrons. The molecule has 0 saturated heterocycles. The molecule has 0 radical (unpaired) electrons. The van der Waals surface area contributed by atoms with Gasteiger partial charge >= 0.3 is 0 Å². The molecule has 0 aliphatic carbocycles. The quantitative estimate of drug-likeness (QED) is 0.620. The van der Waals surface area contributed by atoms with Crippen LogP contribution in [0, 0.1) is 5.82 Å². The standard InChI is InChI=1S/C5H4FNO2S/c6-4-2-1-3-7-5(4)10(8)9/h1-3H,(H,8,9). The highest BCUT2D eigenvalue weighted by Crippen LogP contribution is 2.04. The van der Waals surface area contributed by atoms with Gasteiger partial charge in [-0.15, -0.1) is 0 Å². The second kappa shape index (κ2) is 2.85. The van der Waals surface area contributed by atoms with Gasteiger partial charge in [0.05, 0.1) is 0 Å². The molecule has 0 aromatic carbocycles. The number of hydrogen-bond acceptors (Lipinski definition) is 2. The summed E-state index contributed by atoms with van der Waals surface area (Å²) in [4.78, 5) is 3.35. The van der Waals surface area contributed by atoms with Crippen LogP contribution in [-0.4, -0.2) is 13.7 Å². The zero-order valence-corrected chi connectivity index (χ0v) is 5.64. The zero-order valence-electron chi connectivity index (χ0n) is 4.82. The Morgan fingerprint density at radius 3 is 2.80 bits per heavy atom. The van der Waals surface area contributed by atoms with E-state index in [2.05, 4.69) is 4.98 Å². The SMILES string of the molecule is O=S(O)c1ncccc1F. The maximum atomic E-state index is 12.4. The van der Waals surface area contributed by atoms with E-state index in [9.17, 15) is 8.60 Å². The van der Waals surface area contributed by atoms with Gasteiger partial charge in [0.25, 0.3) is 0 Å². The van der Waals surface area contributed by atoms with Crippen molar-refractivity contribution in [2.45, 2.75) is 5.03 Å². The van der Waals surface area contributed by atoms with Gasteiger partial charge in [-0.2, -0.15) is 0 Å². The van der Waals surface area contributed by atoms with Crippen molar-refractivity contribution in [3.63, 3.8) is 0 Å². The van der Waals surface area contributed by atoms with Crippen LogP contribution in [0.2, 0.25) is 0 Å². The first-order valence-corrected chi connectivity index (χ1v) is 3.54. The summed E-state index contributed by atoms with van der Waals surface area (Å²) in [5.74, 6) is -0.761. The molecule has 5 heteroatoms. The number of rotatable bonds is 1. The molecule has 0 aliphatic rings. The Labute approximate surface area is 59.2 Å². The van der Waals surface area contributed by atoms with Gasteiger partial charge in [-0.25, -0.2) is 13.6 Å². The van der Waals surface area contributed by atoms with Crippen molar-refractivity contribution in [1.29, 1.82) is 0 Å². The molecule has 1 aromatic rings. The second-order valence-electron chi connectivity index (χ2n) is 1.54. The molecule has 0 spiro atoms. The Morgan fingerprint density at radius 2 is 2.40 bits per heavy atom. The minimum Gasteiger partial charge on any atom is -0.301 e. The van der Waals surface area contributed by atoms with Crippen LogP contribution in [0.25, 0.3) is 0 Å². The van der Waals surface area contributed by atoms with Crippen LogP contribution in [0.1, 0.15) is 0 Å². The van der Waals surface area contributed by atoms with E-state index in [4.69, 9.17) is 4.55 Å². The highest BCUT2D eigenvalue weighted by Gasteiger charge is 2.06. The highest BCUT2D eigenvalue weighted by atomic mass is 32.2. The fourth-order valence-electron chi connectivity index (χ4n) is 0.500. The summed E-state index contributed by atoms with van der Waals surface area (Å²) in [7, 11) is 0. The Hall–Kier alpha value is -0.810. The Bertz CT molecular complexity index is 266. The normalized spacial score (nSPS) is 13.0. The third kappa shape index (κ3) is 1.37. The van der Waals surface area contributed by atoms with Crippen LogP contribution in [0.15, 0.2) is 23.4 Å². The van der Waals surface area contributed by atoms with E-state index in [1.54, 1.807) is 0 Å². The number of nitrogens with zero attached hydrogens (tertiary/aromatic N) is 1. The molecule has 0 saturated carbocycles. The molecule has 1 rings (SSSR count). The van der Waals surface area contributed by atoms with Crippen LogP contribution >= 0.6 is 0 Å². The van der Waals surface area contributed by atoms with Crippen LogP contribution < -0.4 is 0 Å². The third-order valence-corrected chi connectivity index (χ3v) is 1.52. The van der Waals surface area contributed by atoms with Gasteiger partial charge in [-0.05, 0) is 12.1 Å². The Balaban J connectivity index is 3.15. The largest absolute Gasteiger partial charge is 0.301 e. The van der Waals surface area contributed by atoms with Crippen LogP contribution in [0.4, 0.5) is 4.39 Å². The maximum Gasteiger partial charge on any atom is 0.208 e. The zero-order chi connectivity index (χ0) is 7.56. The molecule has 10 heavy (non-hydrogen) atoms. The number of pyridine rings is 1. The predicted molar refractivity (Wildman–Crippen MR) is 33.2 cm³/mol. The monoisotopic (exact) mass is 161 g/mol. The lowest BCUT2D eigenvalue weighted by Gasteiger charge is -1.92. The summed E-state index contributed by atoms with van der Waals surface area (Å²) in [5.41, 5.74) is 0. The van der Waals surface area contributed by atoms with E-state index in [1.807, 2.05) is 0 Å². The van der Waals surface area contributed by atoms with Crippen molar-refractivity contribution in [3.05, 3.63) is 24.1 Å². The van der Waals surface area contributed by atoms with Crippen molar-refractivity contribution in [3.8, 4) is 0 Å². The first kappa shape index (κ1) is 7.30. The van der Waals surface area contributed by atoms with E-state index >= 15 is 0 Å². The molecule has 1 unspecified atom stereocenters. The fourth-order valence-corrected chi connectivity index (χ4v) is 0.886. The van der Waals surface area contributed by atoms with Crippen molar-refractivity contribution in [1.82, 2.24) is 4.98 Å². The molecule has 1 aromatic heterocycles. The van der Waals surface area contributed by atoms with Crippen molar-refractivity contribution >= 4 is 11.1 Å². The summed E-state index contributed by atoms with van der Waals surface area (Å²) in [6.07, 6.45) is 1.26. The van der Waals surface area contributed by atoms with Gasteiger partial charge in [0.15, 0.2) is 10.8 Å². The fraction of sp³-hybridized carbons (Fsp3) is 0. The summed E-state index contributed by atoms with van der Waals surface area (Å²) in [5, 5.41) is -0.428. The van der Waals surface area contributed by atoms with Crippen molar-refractivity contribution < 1.29 is 13.2 Å². The van der Waals surface area contributed by atoms with Gasteiger partial charge in [0, 0.05) is 6.20 Å². The van der Waals surface area contributed by atoms with E-state index < -0.39 is 21.9 Å². The summed E-state index contributed by atoms with van der Waals surface area (Å²) >= 11 is -2.33. The van der Waals surface area contributed by atoms with Crippen molar-refractivity contribution in [2.24, 2.45) is 0 Å². The van der Waals surface area contributed by atoms with Gasteiger partial charge in [0.2, 0.25) is 11.1 Å². The summed E-state index contributed by atoms with van der Waals surface area (Å²) in [6.45, 7) is 0. The van der Waals surface area contributed by atoms with Gasteiger partial charge < -0.3 is 4.55 Å². The van der Waals surface area contributed by atoms with Crippen LogP contribution in [-0.2, 0) is 11.1 Å². The first-order chi connectivity index (χ1) is 4.72. The Morgan fingerprint density at radius 1 is 1.70 bits per heavy atom. The topological polar surface area (TPSA) is 50.2 Å². The average Bonchev–Trinajstić information content (AvgIpc) is 1.88. The molecule has 0 amide bonds. The van der Waals surface area contributed by atoms with Gasteiger partial charge in [-0.3, -0.25) is 0 Å². The van der Waals surface area contributed by atoms with E-state index in [-0.39, 0.29) is 0 Å². The molecule has 0 aliphatic heterocycles. The lowest BCUT2D eigenvalue weighted by molar-refractivity contribution is 0.533. The van der Waals surface area contributed by atoms with E-state index in [1.165, 1.54) is 12.3 Å². The van der Waals surface area contributed by atoms with Gasteiger partial charge in [0.1, 0.15) is 0 Å².